The topological polar surface area (TPSA) is 55.0 Å². The molecule has 4 nitrogen and oxygen atoms in total. The van der Waals surface area contributed by atoms with Crippen molar-refractivity contribution in [3.63, 3.8) is 0 Å². The number of aromatic amines is 1. The van der Waals surface area contributed by atoms with Gasteiger partial charge in [-0.25, -0.2) is 0 Å². The molecule has 0 unspecified atom stereocenters. The van der Waals surface area contributed by atoms with Crippen LogP contribution in [0.25, 0.3) is 32.5 Å². The summed E-state index contributed by atoms with van der Waals surface area (Å²) in [5, 5.41) is 2.60. The Hall–Kier alpha value is -2.31. The summed E-state index contributed by atoms with van der Waals surface area (Å²) >= 11 is 3.78. The van der Waals surface area contributed by atoms with Crippen molar-refractivity contribution >= 4 is 26.0 Å². The summed E-state index contributed by atoms with van der Waals surface area (Å²) < 4.78 is 6.00. The van der Waals surface area contributed by atoms with Gasteiger partial charge in [0, 0.05) is 1.43 Å². The Kier molecular flexibility index (Phi) is 5.19. The van der Waals surface area contributed by atoms with E-state index in [0.29, 0.717) is 27.1 Å². The largest absolute Gasteiger partial charge is 0 e. The predicted molar refractivity (Wildman–Crippen MR) is 109 cm³/mol. The van der Waals surface area contributed by atoms with Gasteiger partial charge >= 0.3 is 151 Å². The number of fused-ring (bicyclic) bond motifs is 1. The van der Waals surface area contributed by atoms with Gasteiger partial charge in [0.1, 0.15) is 0 Å². The molecule has 2 aromatic carbocycles. The van der Waals surface area contributed by atoms with Crippen LogP contribution in [0.15, 0.2) is 64.8 Å². The molecule has 2 aromatic heterocycles. The maximum absolute atomic E-state index is 12.7. The van der Waals surface area contributed by atoms with Crippen molar-refractivity contribution in [2.75, 3.05) is 6.61 Å². The number of benzene rings is 2. The SMILES string of the molecule is CCO[C](=[V])c1nc2scc(-c3ccc(-c4ccccc4)cc3)c2c(=O)[nH]1.[HH]. The normalized spacial score (nSPS) is 11.0. The first kappa shape index (κ1) is 18.1. The Morgan fingerprint density at radius 3 is 2.48 bits per heavy atom. The van der Waals surface area contributed by atoms with E-state index in [0.717, 1.165) is 16.7 Å². The molecule has 0 bridgehead atoms. The number of aromatic nitrogens is 2. The average Bonchev–Trinajstić information content (AvgIpc) is 3.14. The van der Waals surface area contributed by atoms with Crippen LogP contribution >= 0.6 is 11.3 Å². The fraction of sp³-hybridized carbons (Fsp3) is 0.0952. The maximum Gasteiger partial charge on any atom is 0 e. The first-order chi connectivity index (χ1) is 13.2. The Balaban J connectivity index is 0.00000225. The van der Waals surface area contributed by atoms with E-state index in [1.165, 1.54) is 16.9 Å². The minimum atomic E-state index is -0.151. The summed E-state index contributed by atoms with van der Waals surface area (Å²) in [6.07, 6.45) is 0. The third-order valence-electron chi connectivity index (χ3n) is 4.23. The van der Waals surface area contributed by atoms with Gasteiger partial charge < -0.3 is 0 Å². The van der Waals surface area contributed by atoms with Crippen molar-refractivity contribution in [2.24, 2.45) is 0 Å². The number of ether oxygens (including phenoxy) is 1. The van der Waals surface area contributed by atoms with Crippen LogP contribution in [0.5, 0.6) is 0 Å². The van der Waals surface area contributed by atoms with Crippen molar-refractivity contribution < 1.29 is 23.1 Å². The standard InChI is InChI=1S/C21H16N2O2S.V.H2/c1-2-25-12-18-22-20(24)19-17(13-26-21(19)23-18)16-10-8-15(9-11-16)14-6-4-3-5-7-14;;/h3-11,13H,2H2,1H3,(H,22,23,24);;1H. The van der Waals surface area contributed by atoms with E-state index in [9.17, 15) is 4.79 Å². The van der Waals surface area contributed by atoms with Crippen molar-refractivity contribution in [1.82, 2.24) is 9.97 Å². The average molecular weight is 413 g/mol. The summed E-state index contributed by atoms with van der Waals surface area (Å²) in [5.74, 6) is 0.460. The van der Waals surface area contributed by atoms with Crippen LogP contribution in [-0.2, 0) is 21.7 Å². The number of hydrogen-bond donors (Lipinski definition) is 1. The second-order valence-corrected chi connectivity index (χ2v) is 7.42. The third-order valence-corrected chi connectivity index (χ3v) is 5.64. The minimum Gasteiger partial charge on any atom is 0 e. The first-order valence-electron chi connectivity index (χ1n) is 8.54. The van der Waals surface area contributed by atoms with Crippen molar-refractivity contribution in [3.8, 4) is 22.3 Å². The van der Waals surface area contributed by atoms with Crippen LogP contribution < -0.4 is 5.56 Å². The number of nitrogens with one attached hydrogen (secondary N) is 1. The zero-order chi connectivity index (χ0) is 18.8. The second-order valence-electron chi connectivity index (χ2n) is 5.93. The van der Waals surface area contributed by atoms with Crippen molar-refractivity contribution in [3.05, 3.63) is 76.2 Å². The number of rotatable bonds is 5. The van der Waals surface area contributed by atoms with Crippen molar-refractivity contribution in [2.45, 2.75) is 6.92 Å². The van der Waals surface area contributed by atoms with Gasteiger partial charge in [-0.3, -0.25) is 0 Å². The van der Waals surface area contributed by atoms with Crippen LogP contribution in [0.1, 0.15) is 14.2 Å². The molecule has 0 spiro atoms. The molecule has 4 rings (SSSR count). The molecule has 0 saturated carbocycles. The summed E-state index contributed by atoms with van der Waals surface area (Å²) in [4.78, 5) is 20.8. The number of nitrogens with zero attached hydrogens (tertiary/aromatic N) is 1. The number of H-pyrrole nitrogens is 1. The molecular formula is C21H18N2O2SV. The van der Waals surface area contributed by atoms with Crippen LogP contribution in [0.3, 0.4) is 0 Å². The van der Waals surface area contributed by atoms with E-state index in [1.54, 1.807) is 0 Å². The van der Waals surface area contributed by atoms with E-state index in [-0.39, 0.29) is 6.99 Å². The Morgan fingerprint density at radius 1 is 1.11 bits per heavy atom. The molecule has 0 aliphatic carbocycles. The predicted octanol–water partition coefficient (Wildman–Crippen LogP) is 4.63. The quantitative estimate of drug-likeness (QED) is 0.519. The van der Waals surface area contributed by atoms with Gasteiger partial charge in [-0.15, -0.1) is 0 Å². The van der Waals surface area contributed by atoms with E-state index in [4.69, 9.17) is 4.74 Å². The van der Waals surface area contributed by atoms with Gasteiger partial charge in [0.25, 0.3) is 0 Å². The van der Waals surface area contributed by atoms with E-state index >= 15 is 0 Å². The van der Waals surface area contributed by atoms with Gasteiger partial charge in [-0.1, -0.05) is 18.2 Å². The van der Waals surface area contributed by atoms with Crippen LogP contribution in [0.4, 0.5) is 0 Å². The first-order valence-corrected chi connectivity index (χ1v) is 10.1. The zero-order valence-corrected chi connectivity index (χ0v) is 16.8. The molecule has 0 fully saturated rings. The molecular weight excluding hydrogens is 395 g/mol. The molecule has 0 amide bonds. The fourth-order valence-corrected chi connectivity index (χ4v) is 4.26. The zero-order valence-electron chi connectivity index (χ0n) is 14.6. The molecule has 0 saturated heterocycles. The van der Waals surface area contributed by atoms with E-state index < -0.39 is 0 Å². The molecule has 2 heterocycles. The second kappa shape index (κ2) is 7.75. The Labute approximate surface area is 170 Å². The summed E-state index contributed by atoms with van der Waals surface area (Å²) in [6, 6.07) is 18.5. The van der Waals surface area contributed by atoms with Gasteiger partial charge in [-0.05, 0) is 0 Å². The van der Waals surface area contributed by atoms with Crippen molar-refractivity contribution in [1.29, 1.82) is 0 Å². The van der Waals surface area contributed by atoms with E-state index in [1.807, 2.05) is 42.6 Å². The summed E-state index contributed by atoms with van der Waals surface area (Å²) in [5.41, 5.74) is 4.07. The molecule has 1 N–H and O–H groups in total. The summed E-state index contributed by atoms with van der Waals surface area (Å²) in [6.45, 7) is 2.42. The molecule has 0 atom stereocenters. The van der Waals surface area contributed by atoms with Crippen LogP contribution in [0, 0.1) is 0 Å². The minimum absolute atomic E-state index is 0. The smallest absolute Gasteiger partial charge is 0 e. The molecule has 0 radical (unpaired) electrons. The molecule has 0 aliphatic rings. The molecule has 4 aromatic rings. The molecule has 135 valence electrons. The third kappa shape index (κ3) is 3.60. The number of hydrogen-bond acceptors (Lipinski definition) is 4. The van der Waals surface area contributed by atoms with Gasteiger partial charge in [0.2, 0.25) is 0 Å². The van der Waals surface area contributed by atoms with Crippen LogP contribution in [-0.4, -0.2) is 21.0 Å². The van der Waals surface area contributed by atoms with E-state index in [2.05, 4.69) is 51.2 Å². The van der Waals surface area contributed by atoms with Gasteiger partial charge in [-0.2, -0.15) is 0 Å². The maximum atomic E-state index is 12.7. The molecule has 0 aliphatic heterocycles. The van der Waals surface area contributed by atoms with Gasteiger partial charge in [0.05, 0.1) is 0 Å². The Morgan fingerprint density at radius 2 is 1.78 bits per heavy atom. The number of thiophene rings is 1. The fourth-order valence-electron chi connectivity index (χ4n) is 2.94. The van der Waals surface area contributed by atoms with Gasteiger partial charge in [0.15, 0.2) is 0 Å². The Bertz CT molecular complexity index is 1170. The molecule has 27 heavy (non-hydrogen) atoms. The summed E-state index contributed by atoms with van der Waals surface area (Å²) in [7, 11) is 0. The van der Waals surface area contributed by atoms with Crippen LogP contribution in [0.2, 0.25) is 0 Å². The molecule has 6 heteroatoms. The monoisotopic (exact) mass is 413 g/mol.